The van der Waals surface area contributed by atoms with Gasteiger partial charge in [-0.05, 0) is 73.7 Å². The first-order valence-electron chi connectivity index (χ1n) is 8.51. The van der Waals surface area contributed by atoms with Gasteiger partial charge in [0.1, 0.15) is 5.75 Å². The number of fused-ring (bicyclic) bond motifs is 2. The summed E-state index contributed by atoms with van der Waals surface area (Å²) in [4.78, 5) is 4.79. The Hall–Kier alpha value is -1.84. The molecule has 1 fully saturated rings. The summed E-state index contributed by atoms with van der Waals surface area (Å²) in [5.41, 5.74) is 7.82. The second kappa shape index (κ2) is 6.58. The SMILES string of the molecule is COc1cnc2c(c1)CCc1cc(Cl)ccc1C2=C1CCNCC1. The van der Waals surface area contributed by atoms with Gasteiger partial charge in [0, 0.05) is 10.6 Å². The van der Waals surface area contributed by atoms with Crippen LogP contribution in [0.1, 0.15) is 35.2 Å². The molecule has 3 nitrogen and oxygen atoms in total. The summed E-state index contributed by atoms with van der Waals surface area (Å²) < 4.78 is 5.39. The molecule has 2 aliphatic rings. The molecule has 0 saturated carbocycles. The van der Waals surface area contributed by atoms with E-state index in [1.807, 2.05) is 12.3 Å². The van der Waals surface area contributed by atoms with Crippen molar-refractivity contribution < 1.29 is 4.74 Å². The molecule has 1 N–H and O–H groups in total. The van der Waals surface area contributed by atoms with Crippen molar-refractivity contribution in [3.8, 4) is 5.75 Å². The largest absolute Gasteiger partial charge is 0.495 e. The average Bonchev–Trinajstić information content (AvgIpc) is 2.78. The third kappa shape index (κ3) is 2.83. The van der Waals surface area contributed by atoms with Crippen molar-refractivity contribution in [3.05, 3.63) is 63.4 Å². The van der Waals surface area contributed by atoms with Crippen LogP contribution < -0.4 is 10.1 Å². The van der Waals surface area contributed by atoms with E-state index in [-0.39, 0.29) is 0 Å². The van der Waals surface area contributed by atoms with Gasteiger partial charge in [0.2, 0.25) is 0 Å². The Balaban J connectivity index is 1.95. The standard InChI is InChI=1S/C20H21ClN2O/c1-24-17-11-15-3-2-14-10-16(21)4-5-18(14)19(20(15)23-12-17)13-6-8-22-9-7-13/h4-5,10-12,22H,2-3,6-9H2,1H3. The Kier molecular flexibility index (Phi) is 4.30. The highest BCUT2D eigenvalue weighted by molar-refractivity contribution is 6.30. The van der Waals surface area contributed by atoms with Crippen LogP contribution in [-0.4, -0.2) is 25.2 Å². The summed E-state index contributed by atoms with van der Waals surface area (Å²) in [5, 5.41) is 4.25. The number of hydrogen-bond acceptors (Lipinski definition) is 3. The van der Waals surface area contributed by atoms with Gasteiger partial charge < -0.3 is 10.1 Å². The molecule has 1 saturated heterocycles. The number of benzene rings is 1. The number of pyridine rings is 1. The highest BCUT2D eigenvalue weighted by atomic mass is 35.5. The molecule has 0 unspecified atom stereocenters. The van der Waals surface area contributed by atoms with Gasteiger partial charge in [-0.15, -0.1) is 0 Å². The van der Waals surface area contributed by atoms with Crippen molar-refractivity contribution in [1.29, 1.82) is 0 Å². The van der Waals surface area contributed by atoms with Gasteiger partial charge in [-0.1, -0.05) is 23.2 Å². The molecule has 1 aromatic heterocycles. The van der Waals surface area contributed by atoms with Crippen molar-refractivity contribution in [2.45, 2.75) is 25.7 Å². The molecule has 0 spiro atoms. The third-order valence-corrected chi connectivity index (χ3v) is 5.21. The van der Waals surface area contributed by atoms with Crippen LogP contribution in [0.5, 0.6) is 5.75 Å². The number of nitrogens with zero attached hydrogens (tertiary/aromatic N) is 1. The number of rotatable bonds is 1. The average molecular weight is 341 g/mol. The summed E-state index contributed by atoms with van der Waals surface area (Å²) in [5.74, 6) is 0.826. The molecule has 1 aliphatic heterocycles. The first-order valence-corrected chi connectivity index (χ1v) is 8.89. The minimum Gasteiger partial charge on any atom is -0.495 e. The minimum absolute atomic E-state index is 0.805. The molecule has 0 amide bonds. The molecule has 4 rings (SSSR count). The first-order chi connectivity index (χ1) is 11.8. The number of ether oxygens (including phenoxy) is 1. The highest BCUT2D eigenvalue weighted by Gasteiger charge is 2.24. The fourth-order valence-electron chi connectivity index (χ4n) is 3.76. The molecule has 0 atom stereocenters. The van der Waals surface area contributed by atoms with E-state index >= 15 is 0 Å². The number of piperidine rings is 1. The smallest absolute Gasteiger partial charge is 0.137 e. The molecule has 4 heteroatoms. The van der Waals surface area contributed by atoms with E-state index < -0.39 is 0 Å². The van der Waals surface area contributed by atoms with Gasteiger partial charge in [-0.25, -0.2) is 0 Å². The normalized spacial score (nSPS) is 17.1. The van der Waals surface area contributed by atoms with E-state index in [4.69, 9.17) is 21.3 Å². The van der Waals surface area contributed by atoms with Crippen molar-refractivity contribution >= 4 is 17.2 Å². The topological polar surface area (TPSA) is 34.1 Å². The van der Waals surface area contributed by atoms with Crippen molar-refractivity contribution in [1.82, 2.24) is 10.3 Å². The zero-order chi connectivity index (χ0) is 16.5. The summed E-state index contributed by atoms with van der Waals surface area (Å²) in [6.07, 6.45) is 5.92. The number of hydrogen-bond donors (Lipinski definition) is 1. The van der Waals surface area contributed by atoms with Gasteiger partial charge in [-0.2, -0.15) is 0 Å². The lowest BCUT2D eigenvalue weighted by Gasteiger charge is -2.22. The molecule has 1 aromatic carbocycles. The van der Waals surface area contributed by atoms with Crippen molar-refractivity contribution in [3.63, 3.8) is 0 Å². The zero-order valence-electron chi connectivity index (χ0n) is 13.9. The van der Waals surface area contributed by atoms with Crippen LogP contribution in [-0.2, 0) is 12.8 Å². The van der Waals surface area contributed by atoms with E-state index in [1.54, 1.807) is 7.11 Å². The molecule has 0 bridgehead atoms. The lowest BCUT2D eigenvalue weighted by atomic mass is 9.89. The molecule has 1 aliphatic carbocycles. The molecule has 24 heavy (non-hydrogen) atoms. The number of methoxy groups -OCH3 is 1. The monoisotopic (exact) mass is 340 g/mol. The van der Waals surface area contributed by atoms with Gasteiger partial charge >= 0.3 is 0 Å². The maximum atomic E-state index is 6.26. The van der Waals surface area contributed by atoms with E-state index in [2.05, 4.69) is 23.5 Å². The first kappa shape index (κ1) is 15.7. The predicted molar refractivity (Wildman–Crippen MR) is 97.8 cm³/mol. The molecular formula is C20H21ClN2O. The Morgan fingerprint density at radius 1 is 1.04 bits per heavy atom. The minimum atomic E-state index is 0.805. The number of aryl methyl sites for hydroxylation is 2. The van der Waals surface area contributed by atoms with Crippen LogP contribution in [0.25, 0.3) is 5.57 Å². The number of aromatic nitrogens is 1. The number of nitrogens with one attached hydrogen (secondary N) is 1. The van der Waals surface area contributed by atoms with Crippen LogP contribution in [0.4, 0.5) is 0 Å². The Bertz CT molecular complexity index is 805. The third-order valence-electron chi connectivity index (χ3n) is 4.98. The lowest BCUT2D eigenvalue weighted by molar-refractivity contribution is 0.412. The fourth-order valence-corrected chi connectivity index (χ4v) is 3.96. The second-order valence-corrected chi connectivity index (χ2v) is 6.85. The van der Waals surface area contributed by atoms with Gasteiger partial charge in [-0.3, -0.25) is 4.98 Å². The summed E-state index contributed by atoms with van der Waals surface area (Å²) >= 11 is 6.26. The van der Waals surface area contributed by atoms with Crippen molar-refractivity contribution in [2.24, 2.45) is 0 Å². The number of halogens is 1. The lowest BCUT2D eigenvalue weighted by Crippen LogP contribution is -2.24. The molecule has 2 aromatic rings. The van der Waals surface area contributed by atoms with Crippen LogP contribution in [0.3, 0.4) is 0 Å². The van der Waals surface area contributed by atoms with Crippen molar-refractivity contribution in [2.75, 3.05) is 20.2 Å². The van der Waals surface area contributed by atoms with E-state index in [0.717, 1.165) is 55.2 Å². The molecular weight excluding hydrogens is 320 g/mol. The summed E-state index contributed by atoms with van der Waals surface area (Å²) in [6.45, 7) is 2.07. The Labute approximate surface area is 147 Å². The van der Waals surface area contributed by atoms with Crippen LogP contribution in [0, 0.1) is 0 Å². The predicted octanol–water partition coefficient (Wildman–Crippen LogP) is 4.03. The zero-order valence-corrected chi connectivity index (χ0v) is 14.6. The van der Waals surface area contributed by atoms with Gasteiger partial charge in [0.05, 0.1) is 19.0 Å². The van der Waals surface area contributed by atoms with E-state index in [1.165, 1.54) is 27.8 Å². The van der Waals surface area contributed by atoms with Gasteiger partial charge in [0.25, 0.3) is 0 Å². The quantitative estimate of drug-likeness (QED) is 0.851. The summed E-state index contributed by atoms with van der Waals surface area (Å²) in [7, 11) is 1.70. The molecule has 2 heterocycles. The van der Waals surface area contributed by atoms with Crippen LogP contribution in [0.2, 0.25) is 5.02 Å². The Morgan fingerprint density at radius 3 is 2.62 bits per heavy atom. The van der Waals surface area contributed by atoms with Gasteiger partial charge in [0.15, 0.2) is 0 Å². The maximum Gasteiger partial charge on any atom is 0.137 e. The Morgan fingerprint density at radius 2 is 1.83 bits per heavy atom. The maximum absolute atomic E-state index is 6.26. The molecule has 0 radical (unpaired) electrons. The van der Waals surface area contributed by atoms with E-state index in [9.17, 15) is 0 Å². The second-order valence-electron chi connectivity index (χ2n) is 6.41. The molecule has 124 valence electrons. The highest BCUT2D eigenvalue weighted by Crippen LogP contribution is 2.38. The summed E-state index contributed by atoms with van der Waals surface area (Å²) in [6, 6.07) is 8.42. The fraction of sp³-hybridized carbons (Fsp3) is 0.350. The van der Waals surface area contributed by atoms with E-state index in [0.29, 0.717) is 0 Å². The van der Waals surface area contributed by atoms with Crippen LogP contribution >= 0.6 is 11.6 Å². The van der Waals surface area contributed by atoms with Crippen LogP contribution in [0.15, 0.2) is 36.0 Å².